The maximum absolute atomic E-state index is 13.0. The molecule has 0 aromatic heterocycles. The number of rotatable bonds is 2. The Kier molecular flexibility index (Phi) is 4.43. The molecule has 3 unspecified atom stereocenters. The van der Waals surface area contributed by atoms with Gasteiger partial charge in [0, 0.05) is 12.6 Å². The monoisotopic (exact) mass is 319 g/mol. The number of likely N-dealkylation sites (tertiary alicyclic amines) is 1. The van der Waals surface area contributed by atoms with Crippen molar-refractivity contribution in [3.05, 3.63) is 35.4 Å². The maximum Gasteiger partial charge on any atom is 0.308 e. The van der Waals surface area contributed by atoms with Gasteiger partial charge in [0.05, 0.1) is 5.92 Å². The highest BCUT2D eigenvalue weighted by Gasteiger charge is 2.37. The zero-order valence-corrected chi connectivity index (χ0v) is 13.5. The molecule has 0 bridgehead atoms. The molecule has 0 saturated carbocycles. The molecule has 1 aromatic carbocycles. The van der Waals surface area contributed by atoms with Gasteiger partial charge < -0.3 is 10.0 Å². The van der Waals surface area contributed by atoms with Gasteiger partial charge in [-0.2, -0.15) is 0 Å². The number of aryl methyl sites for hydroxylation is 1. The number of benzene rings is 1. The van der Waals surface area contributed by atoms with E-state index in [1.54, 1.807) is 16.7 Å². The second kappa shape index (κ2) is 6.32. The Balaban J connectivity index is 1.83. The van der Waals surface area contributed by atoms with E-state index in [4.69, 9.17) is 0 Å². The topological polar surface area (TPSA) is 57.6 Å². The van der Waals surface area contributed by atoms with Crippen LogP contribution in [0, 0.1) is 5.92 Å². The number of nitrogens with zero attached hydrogens (tertiary/aromatic N) is 1. The van der Waals surface area contributed by atoms with Crippen LogP contribution < -0.4 is 0 Å². The van der Waals surface area contributed by atoms with Crippen LogP contribution in [0.15, 0.2) is 24.3 Å². The van der Waals surface area contributed by atoms with Crippen LogP contribution in [-0.4, -0.2) is 40.2 Å². The summed E-state index contributed by atoms with van der Waals surface area (Å²) < 4.78 is 0. The molecule has 2 aliphatic heterocycles. The van der Waals surface area contributed by atoms with Crippen molar-refractivity contribution in [3.63, 3.8) is 0 Å². The van der Waals surface area contributed by atoms with Crippen LogP contribution in [0.5, 0.6) is 0 Å². The summed E-state index contributed by atoms with van der Waals surface area (Å²) in [6.07, 6.45) is 2.42. The minimum absolute atomic E-state index is 0.0793. The van der Waals surface area contributed by atoms with Crippen molar-refractivity contribution in [3.8, 4) is 0 Å². The quantitative estimate of drug-likeness (QED) is 0.910. The zero-order valence-electron chi connectivity index (χ0n) is 12.7. The van der Waals surface area contributed by atoms with E-state index in [-0.39, 0.29) is 17.2 Å². The standard InChI is InChI=1S/C17H21NO3S/c1-11-6-7-13(17(20)21)10-18(11)16(19)15-14-5-3-2-4-12(14)8-9-22-15/h2-5,11,13,15H,6-10H2,1H3,(H,20,21). The largest absolute Gasteiger partial charge is 0.481 e. The Bertz CT molecular complexity index is 589. The summed E-state index contributed by atoms with van der Waals surface area (Å²) in [7, 11) is 0. The lowest BCUT2D eigenvalue weighted by Crippen LogP contribution is -2.49. The van der Waals surface area contributed by atoms with Crippen molar-refractivity contribution in [1.82, 2.24) is 4.90 Å². The van der Waals surface area contributed by atoms with E-state index in [2.05, 4.69) is 6.07 Å². The number of piperidine rings is 1. The number of hydrogen-bond donors (Lipinski definition) is 1. The Morgan fingerprint density at radius 2 is 2.05 bits per heavy atom. The molecule has 118 valence electrons. The van der Waals surface area contributed by atoms with Gasteiger partial charge in [0.1, 0.15) is 5.25 Å². The van der Waals surface area contributed by atoms with Gasteiger partial charge in [-0.25, -0.2) is 0 Å². The molecule has 22 heavy (non-hydrogen) atoms. The molecule has 5 heteroatoms. The second-order valence-electron chi connectivity index (χ2n) is 6.15. The Labute approximate surface area is 134 Å². The molecule has 4 nitrogen and oxygen atoms in total. The van der Waals surface area contributed by atoms with Gasteiger partial charge in [-0.1, -0.05) is 24.3 Å². The van der Waals surface area contributed by atoms with Crippen molar-refractivity contribution < 1.29 is 14.7 Å². The molecule has 0 aliphatic carbocycles. The number of aliphatic carboxylic acids is 1. The van der Waals surface area contributed by atoms with E-state index in [9.17, 15) is 14.7 Å². The number of carboxylic acids is 1. The Morgan fingerprint density at radius 1 is 1.27 bits per heavy atom. The first-order valence-electron chi connectivity index (χ1n) is 7.80. The van der Waals surface area contributed by atoms with Gasteiger partial charge in [-0.15, -0.1) is 11.8 Å². The molecule has 2 heterocycles. The summed E-state index contributed by atoms with van der Waals surface area (Å²) in [5.74, 6) is -0.196. The highest BCUT2D eigenvalue weighted by atomic mass is 32.2. The van der Waals surface area contributed by atoms with Gasteiger partial charge in [0.2, 0.25) is 5.91 Å². The lowest BCUT2D eigenvalue weighted by molar-refractivity contribution is -0.147. The predicted molar refractivity (Wildman–Crippen MR) is 86.9 cm³/mol. The van der Waals surface area contributed by atoms with Gasteiger partial charge in [0.25, 0.3) is 0 Å². The summed E-state index contributed by atoms with van der Waals surface area (Å²) in [4.78, 5) is 26.1. The molecule has 1 saturated heterocycles. The van der Waals surface area contributed by atoms with Gasteiger partial charge >= 0.3 is 5.97 Å². The average molecular weight is 319 g/mol. The molecule has 3 rings (SSSR count). The SMILES string of the molecule is CC1CCC(C(=O)O)CN1C(=O)C1SCCc2ccccc21. The van der Waals surface area contributed by atoms with Crippen LogP contribution in [0.25, 0.3) is 0 Å². The molecular weight excluding hydrogens is 298 g/mol. The third-order valence-electron chi connectivity index (χ3n) is 4.73. The normalized spacial score (nSPS) is 28.0. The van der Waals surface area contributed by atoms with Gasteiger partial charge in [-0.05, 0) is 43.1 Å². The fourth-order valence-corrected chi connectivity index (χ4v) is 4.63. The van der Waals surface area contributed by atoms with E-state index in [0.29, 0.717) is 13.0 Å². The van der Waals surface area contributed by atoms with Crippen LogP contribution in [0.3, 0.4) is 0 Å². The highest BCUT2D eigenvalue weighted by Crippen LogP contribution is 2.39. The number of amides is 1. The molecule has 0 spiro atoms. The lowest BCUT2D eigenvalue weighted by Gasteiger charge is -2.39. The van der Waals surface area contributed by atoms with Crippen molar-refractivity contribution in [2.45, 2.75) is 37.5 Å². The number of carbonyl (C=O) groups is 2. The summed E-state index contributed by atoms with van der Waals surface area (Å²) in [5.41, 5.74) is 2.35. The number of thioether (sulfide) groups is 1. The third kappa shape index (κ3) is 2.86. The van der Waals surface area contributed by atoms with E-state index in [1.165, 1.54) is 5.56 Å². The van der Waals surface area contributed by atoms with E-state index in [1.807, 2.05) is 25.1 Å². The van der Waals surface area contributed by atoms with Crippen LogP contribution in [0.1, 0.15) is 36.1 Å². The van der Waals surface area contributed by atoms with Crippen LogP contribution in [0.4, 0.5) is 0 Å². The molecule has 2 aliphatic rings. The van der Waals surface area contributed by atoms with E-state index in [0.717, 1.165) is 24.2 Å². The van der Waals surface area contributed by atoms with Gasteiger partial charge in [0.15, 0.2) is 0 Å². The first-order valence-corrected chi connectivity index (χ1v) is 8.85. The Morgan fingerprint density at radius 3 is 2.82 bits per heavy atom. The summed E-state index contributed by atoms with van der Waals surface area (Å²) in [6.45, 7) is 2.37. The molecule has 3 atom stereocenters. The smallest absolute Gasteiger partial charge is 0.308 e. The molecule has 1 fully saturated rings. The molecular formula is C17H21NO3S. The van der Waals surface area contributed by atoms with Crippen LogP contribution >= 0.6 is 11.8 Å². The fourth-order valence-electron chi connectivity index (χ4n) is 3.36. The molecule has 1 amide bonds. The number of fused-ring (bicyclic) bond motifs is 1. The predicted octanol–water partition coefficient (Wildman–Crippen LogP) is 2.73. The maximum atomic E-state index is 13.0. The minimum atomic E-state index is -0.790. The first-order chi connectivity index (χ1) is 10.6. The van der Waals surface area contributed by atoms with Crippen LogP contribution in [-0.2, 0) is 16.0 Å². The van der Waals surface area contributed by atoms with Crippen molar-refractivity contribution >= 4 is 23.6 Å². The lowest BCUT2D eigenvalue weighted by atomic mass is 9.92. The average Bonchev–Trinajstić information content (AvgIpc) is 2.54. The Hall–Kier alpha value is -1.49. The molecule has 1 aromatic rings. The van der Waals surface area contributed by atoms with Crippen molar-refractivity contribution in [1.29, 1.82) is 0 Å². The third-order valence-corrected chi connectivity index (χ3v) is 5.96. The van der Waals surface area contributed by atoms with Crippen molar-refractivity contribution in [2.75, 3.05) is 12.3 Å². The summed E-state index contributed by atoms with van der Waals surface area (Å²) >= 11 is 1.68. The number of hydrogen-bond acceptors (Lipinski definition) is 3. The number of carbonyl (C=O) groups excluding carboxylic acids is 1. The molecule has 1 N–H and O–H groups in total. The number of carboxylic acid groups (broad SMARTS) is 1. The summed E-state index contributed by atoms with van der Waals surface area (Å²) in [6, 6.07) is 8.24. The highest BCUT2D eigenvalue weighted by molar-refractivity contribution is 8.00. The van der Waals surface area contributed by atoms with E-state index >= 15 is 0 Å². The zero-order chi connectivity index (χ0) is 15.7. The first kappa shape index (κ1) is 15.4. The second-order valence-corrected chi connectivity index (χ2v) is 7.36. The van der Waals surface area contributed by atoms with E-state index < -0.39 is 11.9 Å². The molecule has 0 radical (unpaired) electrons. The summed E-state index contributed by atoms with van der Waals surface area (Å²) in [5, 5.41) is 9.07. The minimum Gasteiger partial charge on any atom is -0.481 e. The van der Waals surface area contributed by atoms with Crippen molar-refractivity contribution in [2.24, 2.45) is 5.92 Å². The van der Waals surface area contributed by atoms with Gasteiger partial charge in [-0.3, -0.25) is 9.59 Å². The van der Waals surface area contributed by atoms with Crippen LogP contribution in [0.2, 0.25) is 0 Å². The fraction of sp³-hybridized carbons (Fsp3) is 0.529.